The Hall–Kier alpha value is -2.83. The van der Waals surface area contributed by atoms with Gasteiger partial charge in [-0.05, 0) is 38.3 Å². The van der Waals surface area contributed by atoms with Crippen LogP contribution in [-0.4, -0.2) is 34.9 Å². The minimum absolute atomic E-state index is 0.187. The molecule has 1 fully saturated rings. The van der Waals surface area contributed by atoms with Crippen molar-refractivity contribution in [3.8, 4) is 0 Å². The van der Waals surface area contributed by atoms with E-state index in [4.69, 9.17) is 4.74 Å². The van der Waals surface area contributed by atoms with E-state index >= 15 is 0 Å². The number of carbonyl (C=O) groups is 2. The SMILES string of the molecule is COC(=O)c1ccccc1Cn1nc(C)c(NC(=O)NC2CCCCC2)c1C. The molecule has 1 aromatic heterocycles. The van der Waals surface area contributed by atoms with Crippen LogP contribution in [0.4, 0.5) is 10.5 Å². The summed E-state index contributed by atoms with van der Waals surface area (Å²) >= 11 is 0. The van der Waals surface area contributed by atoms with Crippen LogP contribution in [0.1, 0.15) is 59.4 Å². The fourth-order valence-electron chi connectivity index (χ4n) is 3.74. The van der Waals surface area contributed by atoms with Gasteiger partial charge in [-0.15, -0.1) is 0 Å². The number of ether oxygens (including phenoxy) is 1. The molecule has 150 valence electrons. The number of aromatic nitrogens is 2. The van der Waals surface area contributed by atoms with Crippen molar-refractivity contribution in [1.29, 1.82) is 0 Å². The number of rotatable bonds is 5. The highest BCUT2D eigenvalue weighted by molar-refractivity contribution is 5.91. The van der Waals surface area contributed by atoms with Crippen LogP contribution in [-0.2, 0) is 11.3 Å². The third-order valence-electron chi connectivity index (χ3n) is 5.30. The first-order valence-corrected chi connectivity index (χ1v) is 9.77. The Morgan fingerprint density at radius 3 is 2.61 bits per heavy atom. The van der Waals surface area contributed by atoms with Crippen LogP contribution in [0.25, 0.3) is 0 Å². The topological polar surface area (TPSA) is 85.2 Å². The van der Waals surface area contributed by atoms with Crippen molar-refractivity contribution < 1.29 is 14.3 Å². The van der Waals surface area contributed by atoms with Crippen molar-refractivity contribution in [2.75, 3.05) is 12.4 Å². The molecule has 1 saturated carbocycles. The maximum atomic E-state index is 12.4. The lowest BCUT2D eigenvalue weighted by Gasteiger charge is -2.22. The van der Waals surface area contributed by atoms with E-state index in [1.807, 2.05) is 26.0 Å². The molecule has 1 heterocycles. The van der Waals surface area contributed by atoms with Gasteiger partial charge in [0, 0.05) is 6.04 Å². The Labute approximate surface area is 165 Å². The van der Waals surface area contributed by atoms with E-state index in [9.17, 15) is 9.59 Å². The van der Waals surface area contributed by atoms with E-state index in [0.717, 1.165) is 29.8 Å². The summed E-state index contributed by atoms with van der Waals surface area (Å²) in [7, 11) is 1.37. The van der Waals surface area contributed by atoms with Gasteiger partial charge in [0.2, 0.25) is 0 Å². The van der Waals surface area contributed by atoms with Gasteiger partial charge in [-0.2, -0.15) is 5.10 Å². The maximum Gasteiger partial charge on any atom is 0.338 e. The standard InChI is InChI=1S/C21H28N4O3/c1-14-19(23-21(27)22-17-10-5-4-6-11-17)15(2)25(24-14)13-16-9-7-8-12-18(16)20(26)28-3/h7-9,12,17H,4-6,10-11,13H2,1-3H3,(H2,22,23,27). The molecule has 2 N–H and O–H groups in total. The predicted molar refractivity (Wildman–Crippen MR) is 108 cm³/mol. The molecule has 0 spiro atoms. The monoisotopic (exact) mass is 384 g/mol. The Kier molecular flexibility index (Phi) is 6.34. The summed E-state index contributed by atoms with van der Waals surface area (Å²) in [5.41, 5.74) is 3.63. The number of esters is 1. The summed E-state index contributed by atoms with van der Waals surface area (Å²) in [4.78, 5) is 24.4. The Morgan fingerprint density at radius 1 is 1.18 bits per heavy atom. The highest BCUT2D eigenvalue weighted by atomic mass is 16.5. The van der Waals surface area contributed by atoms with Crippen LogP contribution in [0, 0.1) is 13.8 Å². The molecule has 0 bridgehead atoms. The van der Waals surface area contributed by atoms with E-state index in [0.29, 0.717) is 17.8 Å². The van der Waals surface area contributed by atoms with Crippen LogP contribution in [0.5, 0.6) is 0 Å². The zero-order valence-electron chi connectivity index (χ0n) is 16.7. The Bertz CT molecular complexity index is 853. The molecule has 2 aromatic rings. The summed E-state index contributed by atoms with van der Waals surface area (Å²) in [6.45, 7) is 4.20. The fourth-order valence-corrected chi connectivity index (χ4v) is 3.74. The molecule has 3 rings (SSSR count). The zero-order valence-corrected chi connectivity index (χ0v) is 16.7. The Morgan fingerprint density at radius 2 is 1.89 bits per heavy atom. The van der Waals surface area contributed by atoms with Gasteiger partial charge < -0.3 is 15.4 Å². The van der Waals surface area contributed by atoms with E-state index in [-0.39, 0.29) is 18.0 Å². The molecule has 1 aromatic carbocycles. The van der Waals surface area contributed by atoms with Crippen molar-refractivity contribution in [1.82, 2.24) is 15.1 Å². The number of methoxy groups -OCH3 is 1. The van der Waals surface area contributed by atoms with Gasteiger partial charge >= 0.3 is 12.0 Å². The minimum atomic E-state index is -0.373. The minimum Gasteiger partial charge on any atom is -0.465 e. The maximum absolute atomic E-state index is 12.4. The van der Waals surface area contributed by atoms with Crippen LogP contribution in [0.2, 0.25) is 0 Å². The number of anilines is 1. The summed E-state index contributed by atoms with van der Waals surface area (Å²) in [5, 5.41) is 10.6. The molecule has 1 aliphatic rings. The third-order valence-corrected chi connectivity index (χ3v) is 5.30. The molecular weight excluding hydrogens is 356 g/mol. The number of nitrogens with zero attached hydrogens (tertiary/aromatic N) is 2. The van der Waals surface area contributed by atoms with Crippen LogP contribution in [0.15, 0.2) is 24.3 Å². The summed E-state index contributed by atoms with van der Waals surface area (Å²) < 4.78 is 6.66. The second-order valence-electron chi connectivity index (χ2n) is 7.29. The highest BCUT2D eigenvalue weighted by Gasteiger charge is 2.19. The fraction of sp³-hybridized carbons (Fsp3) is 0.476. The van der Waals surface area contributed by atoms with Gasteiger partial charge in [-0.3, -0.25) is 4.68 Å². The number of urea groups is 1. The van der Waals surface area contributed by atoms with Gasteiger partial charge in [-0.25, -0.2) is 9.59 Å². The van der Waals surface area contributed by atoms with E-state index in [1.165, 1.54) is 26.4 Å². The van der Waals surface area contributed by atoms with Crippen molar-refractivity contribution in [2.45, 2.75) is 58.5 Å². The first-order chi connectivity index (χ1) is 13.5. The van der Waals surface area contributed by atoms with Gasteiger partial charge in [0.1, 0.15) is 0 Å². The number of amides is 2. The number of hydrogen-bond acceptors (Lipinski definition) is 4. The second kappa shape index (κ2) is 8.91. The number of aryl methyl sites for hydroxylation is 1. The molecule has 28 heavy (non-hydrogen) atoms. The molecule has 0 saturated heterocycles. The smallest absolute Gasteiger partial charge is 0.338 e. The molecule has 0 atom stereocenters. The molecule has 7 heteroatoms. The van der Waals surface area contributed by atoms with Gasteiger partial charge in [-0.1, -0.05) is 37.5 Å². The van der Waals surface area contributed by atoms with Crippen LogP contribution in [0.3, 0.4) is 0 Å². The highest BCUT2D eigenvalue weighted by Crippen LogP contribution is 2.22. The van der Waals surface area contributed by atoms with Crippen molar-refractivity contribution >= 4 is 17.7 Å². The quantitative estimate of drug-likeness (QED) is 0.768. The normalized spacial score (nSPS) is 14.5. The third kappa shape index (κ3) is 4.52. The largest absolute Gasteiger partial charge is 0.465 e. The first-order valence-electron chi connectivity index (χ1n) is 9.77. The van der Waals surface area contributed by atoms with Gasteiger partial charge in [0.25, 0.3) is 0 Å². The summed E-state index contributed by atoms with van der Waals surface area (Å²) in [6, 6.07) is 7.36. The van der Waals surface area contributed by atoms with Gasteiger partial charge in [0.05, 0.1) is 36.3 Å². The number of hydrogen-bond donors (Lipinski definition) is 2. The van der Waals surface area contributed by atoms with E-state index in [1.54, 1.807) is 16.8 Å². The van der Waals surface area contributed by atoms with E-state index < -0.39 is 0 Å². The van der Waals surface area contributed by atoms with Crippen LogP contribution >= 0.6 is 0 Å². The van der Waals surface area contributed by atoms with Crippen molar-refractivity contribution in [3.63, 3.8) is 0 Å². The van der Waals surface area contributed by atoms with E-state index in [2.05, 4.69) is 15.7 Å². The average molecular weight is 384 g/mol. The molecular formula is C21H28N4O3. The predicted octanol–water partition coefficient (Wildman–Crippen LogP) is 3.79. The first kappa shape index (κ1) is 19.9. The van der Waals surface area contributed by atoms with Crippen molar-refractivity contribution in [3.05, 3.63) is 46.8 Å². The Balaban J connectivity index is 1.73. The van der Waals surface area contributed by atoms with Crippen molar-refractivity contribution in [2.24, 2.45) is 0 Å². The number of carbonyl (C=O) groups excluding carboxylic acids is 2. The summed E-state index contributed by atoms with van der Waals surface area (Å²) in [5.74, 6) is -0.373. The molecule has 1 aliphatic carbocycles. The lowest BCUT2D eigenvalue weighted by atomic mass is 9.96. The molecule has 0 radical (unpaired) electrons. The van der Waals surface area contributed by atoms with Gasteiger partial charge in [0.15, 0.2) is 0 Å². The molecule has 2 amide bonds. The number of nitrogens with one attached hydrogen (secondary N) is 2. The van der Waals surface area contributed by atoms with Crippen LogP contribution < -0.4 is 10.6 Å². The summed E-state index contributed by atoms with van der Waals surface area (Å²) in [6.07, 6.45) is 5.66. The average Bonchev–Trinajstić information content (AvgIpc) is 2.96. The lowest BCUT2D eigenvalue weighted by molar-refractivity contribution is 0.0599. The zero-order chi connectivity index (χ0) is 20.1. The lowest BCUT2D eigenvalue weighted by Crippen LogP contribution is -2.39. The molecule has 7 nitrogen and oxygen atoms in total. The second-order valence-corrected chi connectivity index (χ2v) is 7.29. The molecule has 0 unspecified atom stereocenters. The number of benzene rings is 1. The molecule has 0 aliphatic heterocycles.